The first-order valence-electron chi connectivity index (χ1n) is 7.49. The van der Waals surface area contributed by atoms with Gasteiger partial charge in [-0.3, -0.25) is 0 Å². The summed E-state index contributed by atoms with van der Waals surface area (Å²) in [7, 11) is 0. The van der Waals surface area contributed by atoms with E-state index in [-0.39, 0.29) is 11.2 Å². The second-order valence-corrected chi connectivity index (χ2v) is 8.07. The fraction of sp³-hybridized carbons (Fsp3) is 0.562. The average Bonchev–Trinajstić information content (AvgIpc) is 3.31. The number of rotatable bonds is 4. The van der Waals surface area contributed by atoms with Gasteiger partial charge in [-0.05, 0) is 65.9 Å². The fourth-order valence-corrected chi connectivity index (χ4v) is 3.97. The van der Waals surface area contributed by atoms with Gasteiger partial charge in [-0.1, -0.05) is 0 Å². The van der Waals surface area contributed by atoms with Crippen LogP contribution in [-0.4, -0.2) is 9.55 Å². The molecule has 0 saturated heterocycles. The van der Waals surface area contributed by atoms with Gasteiger partial charge in [0.15, 0.2) is 0 Å². The summed E-state index contributed by atoms with van der Waals surface area (Å²) in [5.74, 6) is 1.47. The van der Waals surface area contributed by atoms with Crippen LogP contribution in [0.5, 0.6) is 0 Å². The highest BCUT2D eigenvalue weighted by molar-refractivity contribution is 9.10. The van der Waals surface area contributed by atoms with Gasteiger partial charge in [0.1, 0.15) is 11.6 Å². The van der Waals surface area contributed by atoms with Crippen molar-refractivity contribution in [3.8, 4) is 0 Å². The second-order valence-electron chi connectivity index (χ2n) is 6.56. The van der Waals surface area contributed by atoms with Gasteiger partial charge >= 0.3 is 0 Å². The highest BCUT2D eigenvalue weighted by Gasteiger charge is 2.54. The number of hydrogen-bond donors (Lipinski definition) is 0. The lowest BCUT2D eigenvalue weighted by molar-refractivity contribution is 0.369. The van der Waals surface area contributed by atoms with Crippen molar-refractivity contribution >= 4 is 38.6 Å². The Hall–Kier alpha value is -0.610. The molecule has 1 atom stereocenters. The van der Waals surface area contributed by atoms with Crippen LogP contribution in [0.2, 0.25) is 0 Å². The zero-order chi connectivity index (χ0) is 14.8. The monoisotopic (exact) mass is 370 g/mol. The molecule has 1 heterocycles. The molecular weight excluding hydrogens is 355 g/mol. The molecule has 2 aromatic rings. The first-order chi connectivity index (χ1) is 10.00. The number of nitrogens with zero attached hydrogens (tertiary/aromatic N) is 2. The van der Waals surface area contributed by atoms with Crippen LogP contribution in [-0.2, 0) is 6.54 Å². The van der Waals surface area contributed by atoms with E-state index in [0.717, 1.165) is 29.3 Å². The molecular formula is C16H17BrClFN2. The SMILES string of the molecule is CC(Cl)c1nc2cc(Br)c(F)cc2n1CC1(C2CC2)CC1. The van der Waals surface area contributed by atoms with Crippen molar-refractivity contribution in [2.45, 2.75) is 44.5 Å². The lowest BCUT2D eigenvalue weighted by Gasteiger charge is -2.18. The van der Waals surface area contributed by atoms with E-state index in [0.29, 0.717) is 9.89 Å². The lowest BCUT2D eigenvalue weighted by Crippen LogP contribution is -2.16. The zero-order valence-electron chi connectivity index (χ0n) is 11.9. The van der Waals surface area contributed by atoms with Crippen molar-refractivity contribution in [2.75, 3.05) is 0 Å². The second kappa shape index (κ2) is 4.69. The number of halogens is 3. The fourth-order valence-electron chi connectivity index (χ4n) is 3.48. The maximum Gasteiger partial charge on any atom is 0.139 e. The third-order valence-electron chi connectivity index (χ3n) is 4.98. The lowest BCUT2D eigenvalue weighted by atomic mass is 10.0. The number of hydrogen-bond acceptors (Lipinski definition) is 1. The normalized spacial score (nSPS) is 21.7. The van der Waals surface area contributed by atoms with Crippen LogP contribution in [0.3, 0.4) is 0 Å². The minimum absolute atomic E-state index is 0.172. The minimum Gasteiger partial charge on any atom is -0.326 e. The maximum atomic E-state index is 13.9. The van der Waals surface area contributed by atoms with Crippen LogP contribution in [0, 0.1) is 17.2 Å². The molecule has 1 aromatic heterocycles. The molecule has 0 bridgehead atoms. The molecule has 4 rings (SSSR count). The number of aromatic nitrogens is 2. The topological polar surface area (TPSA) is 17.8 Å². The van der Waals surface area contributed by atoms with Gasteiger partial charge in [0.25, 0.3) is 0 Å². The van der Waals surface area contributed by atoms with Crippen molar-refractivity contribution < 1.29 is 4.39 Å². The quantitative estimate of drug-likeness (QED) is 0.655. The molecule has 5 heteroatoms. The van der Waals surface area contributed by atoms with E-state index in [1.165, 1.54) is 25.7 Å². The van der Waals surface area contributed by atoms with E-state index >= 15 is 0 Å². The van der Waals surface area contributed by atoms with E-state index in [9.17, 15) is 4.39 Å². The highest BCUT2D eigenvalue weighted by atomic mass is 79.9. The van der Waals surface area contributed by atoms with Crippen molar-refractivity contribution in [1.82, 2.24) is 9.55 Å². The molecule has 0 N–H and O–H groups in total. The van der Waals surface area contributed by atoms with Crippen LogP contribution >= 0.6 is 27.5 Å². The van der Waals surface area contributed by atoms with E-state index < -0.39 is 0 Å². The highest BCUT2D eigenvalue weighted by Crippen LogP contribution is 2.62. The number of benzene rings is 1. The standard InChI is InChI=1S/C16H17BrClFN2/c1-9(18)15-20-13-6-11(17)12(19)7-14(13)21(15)8-16(4-5-16)10-2-3-10/h6-7,9-10H,2-5,8H2,1H3. The maximum absolute atomic E-state index is 13.9. The van der Waals surface area contributed by atoms with E-state index in [4.69, 9.17) is 11.6 Å². The van der Waals surface area contributed by atoms with E-state index in [1.54, 1.807) is 12.1 Å². The van der Waals surface area contributed by atoms with Crippen LogP contribution < -0.4 is 0 Å². The summed E-state index contributed by atoms with van der Waals surface area (Å²) in [5.41, 5.74) is 2.11. The molecule has 112 valence electrons. The average molecular weight is 372 g/mol. The molecule has 0 amide bonds. The first kappa shape index (κ1) is 14.0. The first-order valence-corrected chi connectivity index (χ1v) is 8.72. The van der Waals surface area contributed by atoms with E-state index in [1.807, 2.05) is 6.92 Å². The Bertz CT molecular complexity index is 717. The Morgan fingerprint density at radius 2 is 2.19 bits per heavy atom. The van der Waals surface area contributed by atoms with Crippen molar-refractivity contribution in [1.29, 1.82) is 0 Å². The number of alkyl halides is 1. The molecule has 2 saturated carbocycles. The molecule has 2 fully saturated rings. The summed E-state index contributed by atoms with van der Waals surface area (Å²) in [6.07, 6.45) is 5.26. The summed E-state index contributed by atoms with van der Waals surface area (Å²) in [5, 5.41) is -0.172. The molecule has 21 heavy (non-hydrogen) atoms. The Kier molecular flexibility index (Phi) is 3.13. The number of fused-ring (bicyclic) bond motifs is 1. The van der Waals surface area contributed by atoms with Gasteiger partial charge in [0.2, 0.25) is 0 Å². The smallest absolute Gasteiger partial charge is 0.139 e. The predicted molar refractivity (Wildman–Crippen MR) is 86.1 cm³/mol. The Labute approximate surface area is 136 Å². The summed E-state index contributed by atoms with van der Waals surface area (Å²) >= 11 is 9.55. The minimum atomic E-state index is -0.242. The van der Waals surface area contributed by atoms with Crippen molar-refractivity contribution in [3.63, 3.8) is 0 Å². The Morgan fingerprint density at radius 1 is 1.48 bits per heavy atom. The summed E-state index contributed by atoms with van der Waals surface area (Å²) in [6, 6.07) is 3.33. The molecule has 2 aliphatic carbocycles. The summed E-state index contributed by atoms with van der Waals surface area (Å²) in [4.78, 5) is 4.64. The molecule has 1 unspecified atom stereocenters. The predicted octanol–water partition coefficient (Wildman–Crippen LogP) is 5.43. The third kappa shape index (κ3) is 2.31. The Morgan fingerprint density at radius 3 is 2.76 bits per heavy atom. The summed E-state index contributed by atoms with van der Waals surface area (Å²) < 4.78 is 16.6. The molecule has 2 aliphatic rings. The van der Waals surface area contributed by atoms with Gasteiger partial charge in [0, 0.05) is 12.6 Å². The molecule has 0 aliphatic heterocycles. The zero-order valence-corrected chi connectivity index (χ0v) is 14.2. The number of imidazole rings is 1. The van der Waals surface area contributed by atoms with Crippen molar-refractivity contribution in [3.05, 3.63) is 28.2 Å². The van der Waals surface area contributed by atoms with Crippen LogP contribution in [0.4, 0.5) is 4.39 Å². The molecule has 0 radical (unpaired) electrons. The van der Waals surface area contributed by atoms with Gasteiger partial charge < -0.3 is 4.57 Å². The van der Waals surface area contributed by atoms with Gasteiger partial charge in [-0.15, -0.1) is 11.6 Å². The van der Waals surface area contributed by atoms with Gasteiger partial charge in [-0.25, -0.2) is 9.37 Å². The van der Waals surface area contributed by atoms with E-state index in [2.05, 4.69) is 25.5 Å². The third-order valence-corrected chi connectivity index (χ3v) is 5.79. The van der Waals surface area contributed by atoms with Crippen LogP contribution in [0.1, 0.15) is 43.8 Å². The summed E-state index contributed by atoms with van der Waals surface area (Å²) in [6.45, 7) is 2.86. The largest absolute Gasteiger partial charge is 0.326 e. The molecule has 0 spiro atoms. The Balaban J connectivity index is 1.84. The van der Waals surface area contributed by atoms with Gasteiger partial charge in [0.05, 0.1) is 20.9 Å². The molecule has 2 nitrogen and oxygen atoms in total. The van der Waals surface area contributed by atoms with Crippen molar-refractivity contribution in [2.24, 2.45) is 11.3 Å². The van der Waals surface area contributed by atoms with Gasteiger partial charge in [-0.2, -0.15) is 0 Å². The molecule has 1 aromatic carbocycles. The van der Waals surface area contributed by atoms with Crippen LogP contribution in [0.15, 0.2) is 16.6 Å². The van der Waals surface area contributed by atoms with Crippen LogP contribution in [0.25, 0.3) is 11.0 Å².